The topological polar surface area (TPSA) is 38.1 Å². The molecule has 74 valence electrons. The van der Waals surface area contributed by atoms with Gasteiger partial charge in [-0.05, 0) is 19.4 Å². The Balaban J connectivity index is 2.64. The molecule has 1 unspecified atom stereocenters. The Morgan fingerprint density at radius 1 is 1.62 bits per heavy atom. The van der Waals surface area contributed by atoms with Gasteiger partial charge in [0.05, 0.1) is 17.5 Å². The van der Waals surface area contributed by atoms with E-state index in [9.17, 15) is 5.11 Å². The number of aliphatic hydroxyl groups is 1. The van der Waals surface area contributed by atoms with Crippen LogP contribution in [-0.2, 0) is 7.05 Å². The Morgan fingerprint density at radius 2 is 2.31 bits per heavy atom. The first kappa shape index (κ1) is 10.3. The molecule has 0 amide bonds. The molecule has 0 bridgehead atoms. The predicted molar refractivity (Wildman–Crippen MR) is 52.4 cm³/mol. The second-order valence-corrected chi connectivity index (χ2v) is 3.49. The van der Waals surface area contributed by atoms with Gasteiger partial charge in [-0.15, -0.1) is 0 Å². The number of aryl methyl sites for hydroxylation is 2. The number of hydrogen-bond donors (Lipinski definition) is 1. The lowest BCUT2D eigenvalue weighted by molar-refractivity contribution is 0.155. The summed E-state index contributed by atoms with van der Waals surface area (Å²) in [5.41, 5.74) is 1.89. The third-order valence-corrected chi connectivity index (χ3v) is 2.21. The van der Waals surface area contributed by atoms with Crippen LogP contribution < -0.4 is 0 Å². The minimum Gasteiger partial charge on any atom is -0.387 e. The van der Waals surface area contributed by atoms with Crippen molar-refractivity contribution in [2.45, 2.75) is 39.2 Å². The highest BCUT2D eigenvalue weighted by Gasteiger charge is 2.11. The van der Waals surface area contributed by atoms with Crippen molar-refractivity contribution in [1.29, 1.82) is 0 Å². The van der Waals surface area contributed by atoms with Crippen LogP contribution in [0.4, 0.5) is 0 Å². The number of rotatable bonds is 4. The van der Waals surface area contributed by atoms with Crippen LogP contribution in [0.3, 0.4) is 0 Å². The standard InChI is InChI=1S/C10H18N2O/c1-4-5-6-10(13)9-7-8(2)11-12(9)3/h7,10,13H,4-6H2,1-3H3. The van der Waals surface area contributed by atoms with Gasteiger partial charge in [0, 0.05) is 7.05 Å². The molecule has 3 heteroatoms. The number of nitrogens with zero attached hydrogens (tertiary/aromatic N) is 2. The zero-order valence-corrected chi connectivity index (χ0v) is 8.62. The molecule has 3 nitrogen and oxygen atoms in total. The van der Waals surface area contributed by atoms with Crippen LogP contribution in [0.25, 0.3) is 0 Å². The summed E-state index contributed by atoms with van der Waals surface area (Å²) in [6, 6.07) is 1.94. The molecule has 1 aromatic heterocycles. The van der Waals surface area contributed by atoms with E-state index in [1.54, 1.807) is 4.68 Å². The van der Waals surface area contributed by atoms with E-state index in [0.29, 0.717) is 0 Å². The Labute approximate surface area is 79.4 Å². The van der Waals surface area contributed by atoms with E-state index in [1.807, 2.05) is 20.0 Å². The van der Waals surface area contributed by atoms with Crippen molar-refractivity contribution in [3.63, 3.8) is 0 Å². The Hall–Kier alpha value is -0.830. The first-order valence-electron chi connectivity index (χ1n) is 4.83. The molecule has 1 rings (SSSR count). The Morgan fingerprint density at radius 3 is 2.77 bits per heavy atom. The van der Waals surface area contributed by atoms with E-state index in [1.165, 1.54) is 0 Å². The summed E-state index contributed by atoms with van der Waals surface area (Å²) >= 11 is 0. The molecule has 1 N–H and O–H groups in total. The lowest BCUT2D eigenvalue weighted by atomic mass is 10.1. The van der Waals surface area contributed by atoms with Crippen molar-refractivity contribution in [2.75, 3.05) is 0 Å². The van der Waals surface area contributed by atoms with E-state index in [2.05, 4.69) is 12.0 Å². The fourth-order valence-electron chi connectivity index (χ4n) is 1.49. The highest BCUT2D eigenvalue weighted by molar-refractivity contribution is 5.11. The molecule has 0 saturated heterocycles. The van der Waals surface area contributed by atoms with Crippen molar-refractivity contribution in [2.24, 2.45) is 7.05 Å². The predicted octanol–water partition coefficient (Wildman–Crippen LogP) is 1.95. The van der Waals surface area contributed by atoms with Gasteiger partial charge in [-0.1, -0.05) is 19.8 Å². The van der Waals surface area contributed by atoms with Crippen molar-refractivity contribution >= 4 is 0 Å². The van der Waals surface area contributed by atoms with E-state index in [4.69, 9.17) is 0 Å². The molecule has 0 aliphatic rings. The fourth-order valence-corrected chi connectivity index (χ4v) is 1.49. The summed E-state index contributed by atoms with van der Waals surface area (Å²) in [6.45, 7) is 4.07. The van der Waals surface area contributed by atoms with Crippen LogP contribution in [0.2, 0.25) is 0 Å². The highest BCUT2D eigenvalue weighted by Crippen LogP contribution is 2.18. The van der Waals surface area contributed by atoms with Crippen LogP contribution in [0.15, 0.2) is 6.07 Å². The van der Waals surface area contributed by atoms with E-state index < -0.39 is 0 Å². The maximum Gasteiger partial charge on any atom is 0.0956 e. The van der Waals surface area contributed by atoms with Gasteiger partial charge in [0.1, 0.15) is 0 Å². The van der Waals surface area contributed by atoms with Gasteiger partial charge in [-0.25, -0.2) is 0 Å². The summed E-state index contributed by atoms with van der Waals surface area (Å²) in [5, 5.41) is 14.0. The second-order valence-electron chi connectivity index (χ2n) is 3.49. The maximum absolute atomic E-state index is 9.78. The van der Waals surface area contributed by atoms with Crippen LogP contribution in [0.5, 0.6) is 0 Å². The zero-order chi connectivity index (χ0) is 9.84. The van der Waals surface area contributed by atoms with Gasteiger partial charge in [0.15, 0.2) is 0 Å². The summed E-state index contributed by atoms with van der Waals surface area (Å²) in [5.74, 6) is 0. The first-order chi connectivity index (χ1) is 6.15. The molecule has 0 fully saturated rings. The fraction of sp³-hybridized carbons (Fsp3) is 0.700. The molecule has 1 atom stereocenters. The van der Waals surface area contributed by atoms with Crippen LogP contribution >= 0.6 is 0 Å². The van der Waals surface area contributed by atoms with Crippen molar-refractivity contribution < 1.29 is 5.11 Å². The van der Waals surface area contributed by atoms with Gasteiger partial charge in [0.2, 0.25) is 0 Å². The third kappa shape index (κ3) is 2.56. The second kappa shape index (κ2) is 4.42. The number of hydrogen-bond acceptors (Lipinski definition) is 2. The summed E-state index contributed by atoms with van der Waals surface area (Å²) in [6.07, 6.45) is 2.65. The van der Waals surface area contributed by atoms with Gasteiger partial charge in [-0.3, -0.25) is 4.68 Å². The van der Waals surface area contributed by atoms with E-state index in [-0.39, 0.29) is 6.10 Å². The highest BCUT2D eigenvalue weighted by atomic mass is 16.3. The lowest BCUT2D eigenvalue weighted by Gasteiger charge is -2.09. The molecular formula is C10H18N2O. The Kier molecular flexibility index (Phi) is 3.48. The monoisotopic (exact) mass is 182 g/mol. The third-order valence-electron chi connectivity index (χ3n) is 2.21. The maximum atomic E-state index is 9.78. The van der Waals surface area contributed by atoms with Gasteiger partial charge < -0.3 is 5.11 Å². The molecule has 0 aromatic carbocycles. The van der Waals surface area contributed by atoms with Crippen molar-refractivity contribution in [1.82, 2.24) is 9.78 Å². The number of unbranched alkanes of at least 4 members (excludes halogenated alkanes) is 1. The molecule has 1 aromatic rings. The smallest absolute Gasteiger partial charge is 0.0956 e. The van der Waals surface area contributed by atoms with Gasteiger partial charge in [-0.2, -0.15) is 5.10 Å². The molecular weight excluding hydrogens is 164 g/mol. The molecule has 0 spiro atoms. The normalized spacial score (nSPS) is 13.2. The van der Waals surface area contributed by atoms with Gasteiger partial charge >= 0.3 is 0 Å². The summed E-state index contributed by atoms with van der Waals surface area (Å²) < 4.78 is 1.76. The number of aliphatic hydroxyl groups excluding tert-OH is 1. The lowest BCUT2D eigenvalue weighted by Crippen LogP contribution is -2.04. The van der Waals surface area contributed by atoms with Crippen LogP contribution in [0, 0.1) is 6.92 Å². The summed E-state index contributed by atoms with van der Waals surface area (Å²) in [4.78, 5) is 0. The minimum atomic E-state index is -0.355. The van der Waals surface area contributed by atoms with E-state index >= 15 is 0 Å². The van der Waals surface area contributed by atoms with Crippen molar-refractivity contribution in [3.05, 3.63) is 17.5 Å². The SMILES string of the molecule is CCCCC(O)c1cc(C)nn1C. The van der Waals surface area contributed by atoms with Crippen molar-refractivity contribution in [3.8, 4) is 0 Å². The molecule has 0 aliphatic heterocycles. The average Bonchev–Trinajstić information content (AvgIpc) is 2.41. The molecule has 0 saturated carbocycles. The minimum absolute atomic E-state index is 0.355. The Bertz CT molecular complexity index is 268. The van der Waals surface area contributed by atoms with E-state index in [0.717, 1.165) is 30.7 Å². The average molecular weight is 182 g/mol. The summed E-state index contributed by atoms with van der Waals surface area (Å²) in [7, 11) is 1.87. The molecule has 13 heavy (non-hydrogen) atoms. The zero-order valence-electron chi connectivity index (χ0n) is 8.62. The molecule has 1 heterocycles. The molecule has 0 radical (unpaired) electrons. The quantitative estimate of drug-likeness (QED) is 0.773. The largest absolute Gasteiger partial charge is 0.387 e. The van der Waals surface area contributed by atoms with Crippen LogP contribution in [-0.4, -0.2) is 14.9 Å². The molecule has 0 aliphatic carbocycles. The first-order valence-corrected chi connectivity index (χ1v) is 4.83. The van der Waals surface area contributed by atoms with Crippen LogP contribution in [0.1, 0.15) is 43.7 Å². The van der Waals surface area contributed by atoms with Gasteiger partial charge in [0.25, 0.3) is 0 Å². The number of aromatic nitrogens is 2.